The van der Waals surface area contributed by atoms with Crippen molar-refractivity contribution in [3.8, 4) is 0 Å². The van der Waals surface area contributed by atoms with Crippen LogP contribution in [0.2, 0.25) is 0 Å². The molecule has 0 amide bonds. The molecule has 1 fully saturated rings. The van der Waals surface area contributed by atoms with E-state index in [1.54, 1.807) is 0 Å². The quantitative estimate of drug-likeness (QED) is 0.559. The second kappa shape index (κ2) is 2.71. The fraction of sp³-hybridized carbons (Fsp3) is 1.00. The summed E-state index contributed by atoms with van der Waals surface area (Å²) >= 11 is 0. The van der Waals surface area contributed by atoms with E-state index in [-0.39, 0.29) is 23.4 Å². The van der Waals surface area contributed by atoms with Crippen LogP contribution in [0.5, 0.6) is 0 Å². The Bertz CT molecular complexity index is 173. The lowest BCUT2D eigenvalue weighted by molar-refractivity contribution is -0.315. The fourth-order valence-corrected chi connectivity index (χ4v) is 1.54. The molecule has 0 N–H and O–H groups in total. The van der Waals surface area contributed by atoms with E-state index in [9.17, 15) is 0 Å². The molecule has 0 spiro atoms. The third kappa shape index (κ3) is 1.38. The van der Waals surface area contributed by atoms with Gasteiger partial charge in [-0.05, 0) is 27.7 Å². The normalized spacial score (nSPS) is 39.5. The summed E-state index contributed by atoms with van der Waals surface area (Å²) in [5, 5.41) is 0. The standard InChI is InChI=1S/C10H20O2/c1-7-9(3,4)10(5,6)12-8(2)11-7/h7-8H,1-6H3. The Kier molecular flexibility index (Phi) is 2.26. The molecule has 1 saturated heterocycles. The van der Waals surface area contributed by atoms with Gasteiger partial charge in [-0.15, -0.1) is 0 Å². The van der Waals surface area contributed by atoms with Gasteiger partial charge in [0.1, 0.15) is 0 Å². The van der Waals surface area contributed by atoms with Gasteiger partial charge < -0.3 is 9.47 Å². The van der Waals surface area contributed by atoms with Gasteiger partial charge in [-0.3, -0.25) is 0 Å². The van der Waals surface area contributed by atoms with Crippen molar-refractivity contribution in [3.63, 3.8) is 0 Å². The number of ether oxygens (including phenoxy) is 2. The minimum absolute atomic E-state index is 0.0690. The number of hydrogen-bond acceptors (Lipinski definition) is 2. The van der Waals surface area contributed by atoms with Gasteiger partial charge >= 0.3 is 0 Å². The third-order valence-corrected chi connectivity index (χ3v) is 3.42. The Morgan fingerprint density at radius 1 is 1.00 bits per heavy atom. The fourth-order valence-electron chi connectivity index (χ4n) is 1.54. The van der Waals surface area contributed by atoms with E-state index >= 15 is 0 Å². The zero-order chi connectivity index (χ0) is 9.57. The van der Waals surface area contributed by atoms with E-state index in [2.05, 4.69) is 34.6 Å². The summed E-state index contributed by atoms with van der Waals surface area (Å²) in [4.78, 5) is 0. The van der Waals surface area contributed by atoms with Crippen molar-refractivity contribution < 1.29 is 9.47 Å². The lowest BCUT2D eigenvalue weighted by atomic mass is 9.72. The van der Waals surface area contributed by atoms with Gasteiger partial charge in [0, 0.05) is 5.41 Å². The van der Waals surface area contributed by atoms with Crippen LogP contribution in [0.3, 0.4) is 0 Å². The van der Waals surface area contributed by atoms with E-state index in [4.69, 9.17) is 9.47 Å². The lowest BCUT2D eigenvalue weighted by Gasteiger charge is -2.51. The molecule has 1 heterocycles. The molecule has 12 heavy (non-hydrogen) atoms. The van der Waals surface area contributed by atoms with E-state index < -0.39 is 0 Å². The Morgan fingerprint density at radius 2 is 1.50 bits per heavy atom. The van der Waals surface area contributed by atoms with Crippen molar-refractivity contribution in [3.05, 3.63) is 0 Å². The van der Waals surface area contributed by atoms with Crippen molar-refractivity contribution >= 4 is 0 Å². The highest BCUT2D eigenvalue weighted by Crippen LogP contribution is 2.43. The van der Waals surface area contributed by atoms with Crippen LogP contribution in [-0.4, -0.2) is 18.0 Å². The minimum atomic E-state index is -0.107. The number of rotatable bonds is 0. The van der Waals surface area contributed by atoms with Crippen molar-refractivity contribution in [1.82, 2.24) is 0 Å². The summed E-state index contributed by atoms with van der Waals surface area (Å²) in [6.45, 7) is 12.7. The summed E-state index contributed by atoms with van der Waals surface area (Å²) in [6, 6.07) is 0. The predicted octanol–water partition coefficient (Wildman–Crippen LogP) is 2.57. The summed E-state index contributed by atoms with van der Waals surface area (Å²) in [5.74, 6) is 0. The molecule has 0 aromatic carbocycles. The van der Waals surface area contributed by atoms with E-state index in [1.165, 1.54) is 0 Å². The van der Waals surface area contributed by atoms with Crippen molar-refractivity contribution in [2.75, 3.05) is 0 Å². The molecule has 0 aromatic heterocycles. The highest BCUT2D eigenvalue weighted by molar-refractivity contribution is 4.94. The first kappa shape index (κ1) is 10.0. The molecule has 0 saturated carbocycles. The SMILES string of the molecule is CC1OC(C)C(C)(C)C(C)(C)O1. The molecule has 0 bridgehead atoms. The highest BCUT2D eigenvalue weighted by Gasteiger charge is 2.48. The first-order valence-corrected chi connectivity index (χ1v) is 4.60. The first-order valence-electron chi connectivity index (χ1n) is 4.60. The summed E-state index contributed by atoms with van der Waals surface area (Å²) in [6.07, 6.45) is 0.166. The van der Waals surface area contributed by atoms with Gasteiger partial charge in [-0.2, -0.15) is 0 Å². The first-order chi connectivity index (χ1) is 5.27. The molecule has 2 nitrogen and oxygen atoms in total. The molecular weight excluding hydrogens is 152 g/mol. The van der Waals surface area contributed by atoms with Crippen molar-refractivity contribution in [2.24, 2.45) is 5.41 Å². The van der Waals surface area contributed by atoms with Crippen molar-refractivity contribution in [1.29, 1.82) is 0 Å². The zero-order valence-corrected chi connectivity index (χ0v) is 8.97. The van der Waals surface area contributed by atoms with E-state index in [1.807, 2.05) is 6.92 Å². The van der Waals surface area contributed by atoms with Crippen LogP contribution in [-0.2, 0) is 9.47 Å². The van der Waals surface area contributed by atoms with Crippen LogP contribution in [0.4, 0.5) is 0 Å². The molecule has 72 valence electrons. The molecular formula is C10H20O2. The Morgan fingerprint density at radius 3 is 1.92 bits per heavy atom. The third-order valence-electron chi connectivity index (χ3n) is 3.42. The molecule has 2 heteroatoms. The van der Waals surface area contributed by atoms with E-state index in [0.717, 1.165) is 0 Å². The van der Waals surface area contributed by atoms with Crippen LogP contribution in [0, 0.1) is 5.41 Å². The maximum Gasteiger partial charge on any atom is 0.155 e. The van der Waals surface area contributed by atoms with E-state index in [0.29, 0.717) is 0 Å². The summed E-state index contributed by atoms with van der Waals surface area (Å²) in [5.41, 5.74) is -0.0381. The topological polar surface area (TPSA) is 18.5 Å². The van der Waals surface area contributed by atoms with Gasteiger partial charge in [-0.1, -0.05) is 13.8 Å². The van der Waals surface area contributed by atoms with Crippen LogP contribution < -0.4 is 0 Å². The Balaban J connectivity index is 2.86. The number of hydrogen-bond donors (Lipinski definition) is 0. The maximum atomic E-state index is 5.74. The van der Waals surface area contributed by atoms with Crippen LogP contribution in [0.15, 0.2) is 0 Å². The largest absolute Gasteiger partial charge is 0.349 e. The lowest BCUT2D eigenvalue weighted by Crippen LogP contribution is -2.56. The highest BCUT2D eigenvalue weighted by atomic mass is 16.7. The molecule has 1 aliphatic heterocycles. The molecule has 2 unspecified atom stereocenters. The minimum Gasteiger partial charge on any atom is -0.349 e. The monoisotopic (exact) mass is 172 g/mol. The van der Waals surface area contributed by atoms with Crippen molar-refractivity contribution in [2.45, 2.75) is 59.5 Å². The Labute approximate surface area is 75.2 Å². The smallest absolute Gasteiger partial charge is 0.155 e. The van der Waals surface area contributed by atoms with Crippen LogP contribution in [0.25, 0.3) is 0 Å². The molecule has 1 rings (SSSR count). The van der Waals surface area contributed by atoms with Gasteiger partial charge in [0.2, 0.25) is 0 Å². The second-order valence-corrected chi connectivity index (χ2v) is 4.70. The summed E-state index contributed by atoms with van der Waals surface area (Å²) in [7, 11) is 0. The molecule has 0 aliphatic carbocycles. The molecule has 1 aliphatic rings. The molecule has 0 aromatic rings. The molecule has 0 radical (unpaired) electrons. The maximum absolute atomic E-state index is 5.74. The molecule has 2 atom stereocenters. The average molecular weight is 172 g/mol. The van der Waals surface area contributed by atoms with Gasteiger partial charge in [-0.25, -0.2) is 0 Å². The Hall–Kier alpha value is -0.0800. The van der Waals surface area contributed by atoms with Gasteiger partial charge in [0.05, 0.1) is 11.7 Å². The van der Waals surface area contributed by atoms with Crippen LogP contribution in [0.1, 0.15) is 41.5 Å². The average Bonchev–Trinajstić information content (AvgIpc) is 1.82. The van der Waals surface area contributed by atoms with Gasteiger partial charge in [0.25, 0.3) is 0 Å². The zero-order valence-electron chi connectivity index (χ0n) is 8.97. The van der Waals surface area contributed by atoms with Gasteiger partial charge in [0.15, 0.2) is 6.29 Å². The second-order valence-electron chi connectivity index (χ2n) is 4.70. The predicted molar refractivity (Wildman–Crippen MR) is 49.0 cm³/mol. The van der Waals surface area contributed by atoms with Crippen LogP contribution >= 0.6 is 0 Å². The summed E-state index contributed by atoms with van der Waals surface area (Å²) < 4.78 is 11.4.